The number of primary amides is 1. The van der Waals surface area contributed by atoms with Crippen molar-refractivity contribution in [2.45, 2.75) is 64.0 Å². The summed E-state index contributed by atoms with van der Waals surface area (Å²) < 4.78 is 5.37. The number of carbonyl (C=O) groups excluding carboxylic acids is 1. The highest BCUT2D eigenvalue weighted by molar-refractivity contribution is 5.79. The van der Waals surface area contributed by atoms with Gasteiger partial charge in [0.05, 0.1) is 6.61 Å². The largest absolute Gasteiger partial charge is 0.379 e. The van der Waals surface area contributed by atoms with E-state index in [1.807, 2.05) is 0 Å². The van der Waals surface area contributed by atoms with Gasteiger partial charge in [-0.1, -0.05) is 13.3 Å². The lowest BCUT2D eigenvalue weighted by molar-refractivity contribution is -0.120. The minimum atomic E-state index is -0.679. The fourth-order valence-corrected chi connectivity index (χ4v) is 3.03. The van der Waals surface area contributed by atoms with Crippen LogP contribution in [0.4, 0.5) is 0 Å². The van der Waals surface area contributed by atoms with Crippen LogP contribution in [0.1, 0.15) is 51.9 Å². The molecule has 0 radical (unpaired) electrons. The summed E-state index contributed by atoms with van der Waals surface area (Å²) in [4.78, 5) is 13.2. The predicted molar refractivity (Wildman–Crippen MR) is 85.9 cm³/mol. The molecule has 0 aromatic carbocycles. The number of carbonyl (C=O) groups is 1. The van der Waals surface area contributed by atoms with Crippen LogP contribution in [0, 0.1) is 5.92 Å². The van der Waals surface area contributed by atoms with Crippen LogP contribution in [0.5, 0.6) is 0 Å². The van der Waals surface area contributed by atoms with E-state index in [4.69, 9.17) is 16.2 Å². The van der Waals surface area contributed by atoms with Crippen LogP contribution >= 0.6 is 0 Å². The summed E-state index contributed by atoms with van der Waals surface area (Å²) in [7, 11) is 2.24. The Morgan fingerprint density at radius 3 is 2.52 bits per heavy atom. The van der Waals surface area contributed by atoms with Crippen LogP contribution in [0.3, 0.4) is 0 Å². The van der Waals surface area contributed by atoms with E-state index in [-0.39, 0.29) is 6.61 Å². The molecule has 21 heavy (non-hydrogen) atoms. The summed E-state index contributed by atoms with van der Waals surface area (Å²) >= 11 is 0. The monoisotopic (exact) mass is 299 g/mol. The van der Waals surface area contributed by atoms with Crippen molar-refractivity contribution < 1.29 is 9.53 Å². The van der Waals surface area contributed by atoms with Gasteiger partial charge in [0.15, 0.2) is 0 Å². The minimum Gasteiger partial charge on any atom is -0.379 e. The molecule has 1 amide bonds. The van der Waals surface area contributed by atoms with Crippen molar-refractivity contribution in [1.29, 1.82) is 0 Å². The maximum Gasteiger partial charge on any atom is 0.236 e. The molecular formula is C16H33N3O2. The molecule has 1 atom stereocenters. The summed E-state index contributed by atoms with van der Waals surface area (Å²) in [6, 6.07) is 0.0819. The van der Waals surface area contributed by atoms with Gasteiger partial charge in [-0.2, -0.15) is 0 Å². The van der Waals surface area contributed by atoms with Crippen LogP contribution in [-0.2, 0) is 9.53 Å². The van der Waals surface area contributed by atoms with Crippen molar-refractivity contribution >= 4 is 5.91 Å². The molecule has 0 aromatic heterocycles. The first-order chi connectivity index (χ1) is 10.0. The van der Waals surface area contributed by atoms with Gasteiger partial charge in [-0.05, 0) is 58.0 Å². The Balaban J connectivity index is 2.01. The second kappa shape index (κ2) is 10.1. The van der Waals surface area contributed by atoms with E-state index in [9.17, 15) is 4.79 Å². The summed E-state index contributed by atoms with van der Waals surface area (Å²) in [5.74, 6) is 0.454. The first-order valence-corrected chi connectivity index (χ1v) is 8.37. The highest BCUT2D eigenvalue weighted by atomic mass is 16.5. The van der Waals surface area contributed by atoms with Crippen molar-refractivity contribution in [2.24, 2.45) is 17.4 Å². The van der Waals surface area contributed by atoms with Gasteiger partial charge in [-0.15, -0.1) is 0 Å². The fourth-order valence-electron chi connectivity index (χ4n) is 3.03. The number of rotatable bonds is 10. The molecular weight excluding hydrogens is 266 g/mol. The first kappa shape index (κ1) is 18.4. The standard InChI is InChI=1S/C16H33N3O2/c1-3-13-6-8-14(9-7-13)19(2)10-4-5-11-21-12-15(17)16(18)20/h13-15H,3-12,17H2,1-2H3,(H2,18,20). The molecule has 5 nitrogen and oxygen atoms in total. The molecule has 1 rings (SSSR count). The van der Waals surface area contributed by atoms with Gasteiger partial charge < -0.3 is 21.1 Å². The zero-order valence-electron chi connectivity index (χ0n) is 13.7. The molecule has 1 aliphatic carbocycles. The van der Waals surface area contributed by atoms with E-state index in [1.54, 1.807) is 0 Å². The topological polar surface area (TPSA) is 81.6 Å². The van der Waals surface area contributed by atoms with Gasteiger partial charge in [0.2, 0.25) is 5.91 Å². The summed E-state index contributed by atoms with van der Waals surface area (Å²) in [5, 5.41) is 0. The van der Waals surface area contributed by atoms with E-state index in [0.29, 0.717) is 6.61 Å². The van der Waals surface area contributed by atoms with Gasteiger partial charge in [0.25, 0.3) is 0 Å². The predicted octanol–water partition coefficient (Wildman–Crippen LogP) is 1.50. The molecule has 0 saturated heterocycles. The average molecular weight is 299 g/mol. The van der Waals surface area contributed by atoms with Crippen molar-refractivity contribution in [2.75, 3.05) is 26.8 Å². The highest BCUT2D eigenvalue weighted by Crippen LogP contribution is 2.28. The van der Waals surface area contributed by atoms with E-state index in [1.165, 1.54) is 32.1 Å². The second-order valence-electron chi connectivity index (χ2n) is 6.35. The highest BCUT2D eigenvalue weighted by Gasteiger charge is 2.22. The van der Waals surface area contributed by atoms with Crippen LogP contribution < -0.4 is 11.5 Å². The van der Waals surface area contributed by atoms with E-state index >= 15 is 0 Å². The molecule has 1 unspecified atom stereocenters. The van der Waals surface area contributed by atoms with Crippen molar-refractivity contribution in [1.82, 2.24) is 4.90 Å². The van der Waals surface area contributed by atoms with Crippen LogP contribution in [-0.4, -0.2) is 49.7 Å². The van der Waals surface area contributed by atoms with Gasteiger partial charge >= 0.3 is 0 Å². The van der Waals surface area contributed by atoms with Crippen molar-refractivity contribution in [3.63, 3.8) is 0 Å². The minimum absolute atomic E-state index is 0.228. The zero-order valence-corrected chi connectivity index (χ0v) is 13.7. The van der Waals surface area contributed by atoms with Crippen LogP contribution in [0.2, 0.25) is 0 Å². The van der Waals surface area contributed by atoms with E-state index < -0.39 is 11.9 Å². The van der Waals surface area contributed by atoms with Gasteiger partial charge in [0, 0.05) is 12.6 Å². The maximum atomic E-state index is 10.7. The molecule has 1 saturated carbocycles. The normalized spacial score (nSPS) is 24.2. The lowest BCUT2D eigenvalue weighted by Gasteiger charge is -2.34. The number of hydrogen-bond acceptors (Lipinski definition) is 4. The smallest absolute Gasteiger partial charge is 0.236 e. The molecule has 4 N–H and O–H groups in total. The Morgan fingerprint density at radius 1 is 1.29 bits per heavy atom. The van der Waals surface area contributed by atoms with Crippen LogP contribution in [0.25, 0.3) is 0 Å². The van der Waals surface area contributed by atoms with Crippen LogP contribution in [0.15, 0.2) is 0 Å². The summed E-state index contributed by atoms with van der Waals surface area (Å²) in [6.45, 7) is 4.30. The van der Waals surface area contributed by atoms with Gasteiger partial charge in [-0.25, -0.2) is 0 Å². The third-order valence-corrected chi connectivity index (χ3v) is 4.73. The molecule has 0 bridgehead atoms. The molecule has 0 heterocycles. The van der Waals surface area contributed by atoms with Crippen molar-refractivity contribution in [3.8, 4) is 0 Å². The Kier molecular flexibility index (Phi) is 8.88. The number of unbranched alkanes of at least 4 members (excludes halogenated alkanes) is 1. The lowest BCUT2D eigenvalue weighted by Crippen LogP contribution is -2.40. The Morgan fingerprint density at radius 2 is 1.95 bits per heavy atom. The molecule has 0 aliphatic heterocycles. The first-order valence-electron chi connectivity index (χ1n) is 8.37. The van der Waals surface area contributed by atoms with Gasteiger partial charge in [-0.3, -0.25) is 4.79 Å². The summed E-state index contributed by atoms with van der Waals surface area (Å²) in [5.41, 5.74) is 10.6. The van der Waals surface area contributed by atoms with Gasteiger partial charge in [0.1, 0.15) is 6.04 Å². The Hall–Kier alpha value is -0.650. The molecule has 0 spiro atoms. The SMILES string of the molecule is CCC1CCC(N(C)CCCCOCC(N)C(N)=O)CC1. The second-order valence-corrected chi connectivity index (χ2v) is 6.35. The third kappa shape index (κ3) is 7.25. The summed E-state index contributed by atoms with van der Waals surface area (Å²) in [6.07, 6.45) is 8.93. The molecule has 5 heteroatoms. The molecule has 0 aromatic rings. The quantitative estimate of drug-likeness (QED) is 0.599. The Labute approximate surface area is 129 Å². The molecule has 1 aliphatic rings. The average Bonchev–Trinajstić information content (AvgIpc) is 2.50. The van der Waals surface area contributed by atoms with E-state index in [0.717, 1.165) is 31.3 Å². The Bertz CT molecular complexity index is 291. The number of nitrogens with two attached hydrogens (primary N) is 2. The molecule has 1 fully saturated rings. The number of ether oxygens (including phenoxy) is 1. The zero-order chi connectivity index (χ0) is 15.7. The van der Waals surface area contributed by atoms with Crippen molar-refractivity contribution in [3.05, 3.63) is 0 Å². The number of amides is 1. The fraction of sp³-hybridized carbons (Fsp3) is 0.938. The number of hydrogen-bond donors (Lipinski definition) is 2. The lowest BCUT2D eigenvalue weighted by atomic mass is 9.84. The molecule has 124 valence electrons. The number of nitrogens with zero attached hydrogens (tertiary/aromatic N) is 1. The maximum absolute atomic E-state index is 10.7. The third-order valence-electron chi connectivity index (χ3n) is 4.73. The van der Waals surface area contributed by atoms with E-state index in [2.05, 4.69) is 18.9 Å².